The fraction of sp³-hybridized carbons (Fsp3) is 0.188. The van der Waals surface area contributed by atoms with E-state index in [9.17, 15) is 4.79 Å². The van der Waals surface area contributed by atoms with Crippen molar-refractivity contribution < 1.29 is 4.79 Å². The van der Waals surface area contributed by atoms with Crippen molar-refractivity contribution >= 4 is 17.1 Å². The van der Waals surface area contributed by atoms with Gasteiger partial charge in [0.2, 0.25) is 0 Å². The quantitative estimate of drug-likeness (QED) is 0.680. The highest BCUT2D eigenvalue weighted by Gasteiger charge is 2.13. The van der Waals surface area contributed by atoms with Crippen molar-refractivity contribution in [3.05, 3.63) is 70.2 Å². The number of carbonyl (C=O) groups is 1. The predicted octanol–water partition coefficient (Wildman–Crippen LogP) is 3.12. The van der Waals surface area contributed by atoms with Gasteiger partial charge in [-0.05, 0) is 36.8 Å². The largest absolute Gasteiger partial charge is 0.341 e. The lowest BCUT2D eigenvalue weighted by Gasteiger charge is -2.08. The van der Waals surface area contributed by atoms with Crippen LogP contribution in [0.25, 0.3) is 0 Å². The number of ketones is 1. The van der Waals surface area contributed by atoms with Crippen LogP contribution in [0.5, 0.6) is 0 Å². The highest BCUT2D eigenvalue weighted by Crippen LogP contribution is 2.15. The molecule has 3 heterocycles. The minimum absolute atomic E-state index is 0.100. The van der Waals surface area contributed by atoms with E-state index in [1.807, 2.05) is 48.1 Å². The number of carbonyl (C=O) groups excluding carboxylic acids is 1. The molecule has 0 N–H and O–H groups in total. The molecule has 0 aliphatic carbocycles. The number of nitrogens with zero attached hydrogens (tertiary/aromatic N) is 3. The molecule has 0 aromatic carbocycles. The SMILES string of the molecule is Cc1cnc(CC(=O)c2cccn2Cc2ccncc2)s1. The van der Waals surface area contributed by atoms with Gasteiger partial charge in [0.15, 0.2) is 5.78 Å². The molecule has 3 aromatic rings. The van der Waals surface area contributed by atoms with Crippen molar-refractivity contribution in [3.63, 3.8) is 0 Å². The molecule has 0 saturated heterocycles. The van der Waals surface area contributed by atoms with Crippen LogP contribution in [0.4, 0.5) is 0 Å². The lowest BCUT2D eigenvalue weighted by molar-refractivity contribution is 0.0984. The van der Waals surface area contributed by atoms with E-state index in [0.717, 1.165) is 21.1 Å². The number of pyridine rings is 1. The van der Waals surface area contributed by atoms with Crippen LogP contribution in [-0.4, -0.2) is 20.3 Å². The van der Waals surface area contributed by atoms with Crippen LogP contribution < -0.4 is 0 Å². The van der Waals surface area contributed by atoms with Crippen molar-refractivity contribution in [1.29, 1.82) is 0 Å². The molecule has 5 heteroatoms. The fourth-order valence-corrected chi connectivity index (χ4v) is 2.99. The molecule has 0 saturated carbocycles. The molecule has 3 aromatic heterocycles. The Balaban J connectivity index is 1.77. The maximum absolute atomic E-state index is 12.4. The molecule has 4 nitrogen and oxygen atoms in total. The second kappa shape index (κ2) is 6.01. The van der Waals surface area contributed by atoms with Gasteiger partial charge in [-0.1, -0.05) is 0 Å². The Labute approximate surface area is 127 Å². The Morgan fingerprint density at radius 1 is 1.29 bits per heavy atom. The van der Waals surface area contributed by atoms with Gasteiger partial charge in [0.1, 0.15) is 5.01 Å². The van der Waals surface area contributed by atoms with E-state index >= 15 is 0 Å². The first-order valence-corrected chi connectivity index (χ1v) is 7.52. The maximum Gasteiger partial charge on any atom is 0.186 e. The molecule has 3 rings (SSSR count). The van der Waals surface area contributed by atoms with E-state index in [-0.39, 0.29) is 5.78 Å². The van der Waals surface area contributed by atoms with Crippen molar-refractivity contribution in [2.24, 2.45) is 0 Å². The summed E-state index contributed by atoms with van der Waals surface area (Å²) in [7, 11) is 0. The average Bonchev–Trinajstić information content (AvgIpc) is 3.09. The molecule has 0 bridgehead atoms. The molecule has 0 fully saturated rings. The van der Waals surface area contributed by atoms with Crippen LogP contribution in [-0.2, 0) is 13.0 Å². The number of Topliss-reactive ketones (excluding diaryl/α,β-unsaturated/α-hetero) is 1. The Morgan fingerprint density at radius 3 is 2.81 bits per heavy atom. The third-order valence-corrected chi connectivity index (χ3v) is 4.11. The summed E-state index contributed by atoms with van der Waals surface area (Å²) >= 11 is 1.57. The second-order valence-corrected chi connectivity index (χ2v) is 6.16. The lowest BCUT2D eigenvalue weighted by atomic mass is 10.2. The zero-order valence-corrected chi connectivity index (χ0v) is 12.5. The molecule has 0 aliphatic rings. The lowest BCUT2D eigenvalue weighted by Crippen LogP contribution is -2.11. The minimum Gasteiger partial charge on any atom is -0.341 e. The number of aryl methyl sites for hydroxylation is 1. The summed E-state index contributed by atoms with van der Waals surface area (Å²) in [6.45, 7) is 2.67. The molecular weight excluding hydrogens is 282 g/mol. The van der Waals surface area contributed by atoms with Crippen LogP contribution in [0.2, 0.25) is 0 Å². The fourth-order valence-electron chi connectivity index (χ4n) is 2.20. The zero-order valence-electron chi connectivity index (χ0n) is 11.7. The Kier molecular flexibility index (Phi) is 3.92. The third kappa shape index (κ3) is 3.25. The van der Waals surface area contributed by atoms with Gasteiger partial charge in [-0.25, -0.2) is 4.98 Å². The highest BCUT2D eigenvalue weighted by atomic mass is 32.1. The normalized spacial score (nSPS) is 10.7. The van der Waals surface area contributed by atoms with Gasteiger partial charge in [-0.3, -0.25) is 9.78 Å². The maximum atomic E-state index is 12.4. The molecule has 0 amide bonds. The number of thiazole rings is 1. The monoisotopic (exact) mass is 297 g/mol. The van der Waals surface area contributed by atoms with Crippen LogP contribution in [0.3, 0.4) is 0 Å². The van der Waals surface area contributed by atoms with Gasteiger partial charge in [-0.2, -0.15) is 0 Å². The Morgan fingerprint density at radius 2 is 2.10 bits per heavy atom. The summed E-state index contributed by atoms with van der Waals surface area (Å²) in [6.07, 6.45) is 7.63. The van der Waals surface area contributed by atoms with E-state index in [4.69, 9.17) is 0 Å². The van der Waals surface area contributed by atoms with Crippen molar-refractivity contribution in [3.8, 4) is 0 Å². The number of aromatic nitrogens is 3. The van der Waals surface area contributed by atoms with Crippen LogP contribution in [0.1, 0.15) is 25.9 Å². The number of hydrogen-bond donors (Lipinski definition) is 0. The van der Waals surface area contributed by atoms with E-state index in [1.165, 1.54) is 0 Å². The first kappa shape index (κ1) is 13.7. The summed E-state index contributed by atoms with van der Waals surface area (Å²) < 4.78 is 1.97. The molecule has 0 radical (unpaired) electrons. The van der Waals surface area contributed by atoms with Gasteiger partial charge < -0.3 is 4.57 Å². The number of hydrogen-bond acceptors (Lipinski definition) is 4. The topological polar surface area (TPSA) is 47.8 Å². The summed E-state index contributed by atoms with van der Waals surface area (Å²) in [5.41, 5.74) is 1.85. The minimum atomic E-state index is 0.100. The first-order chi connectivity index (χ1) is 10.2. The van der Waals surface area contributed by atoms with Crippen LogP contribution >= 0.6 is 11.3 Å². The molecule has 0 spiro atoms. The predicted molar refractivity (Wildman–Crippen MR) is 82.7 cm³/mol. The number of rotatable bonds is 5. The molecule has 21 heavy (non-hydrogen) atoms. The van der Waals surface area contributed by atoms with E-state index < -0.39 is 0 Å². The summed E-state index contributed by atoms with van der Waals surface area (Å²) in [4.78, 5) is 21.8. The zero-order chi connectivity index (χ0) is 14.7. The standard InChI is InChI=1S/C16H15N3OS/c1-12-10-18-16(21-12)9-15(20)14-3-2-8-19(14)11-13-4-6-17-7-5-13/h2-8,10H,9,11H2,1H3. The first-order valence-electron chi connectivity index (χ1n) is 6.71. The smallest absolute Gasteiger partial charge is 0.186 e. The average molecular weight is 297 g/mol. The van der Waals surface area contributed by atoms with Gasteiger partial charge in [0.05, 0.1) is 12.1 Å². The Bertz CT molecular complexity index is 746. The molecule has 0 aliphatic heterocycles. The second-order valence-electron chi connectivity index (χ2n) is 4.84. The van der Waals surface area contributed by atoms with Gasteiger partial charge >= 0.3 is 0 Å². The van der Waals surface area contributed by atoms with E-state index in [0.29, 0.717) is 13.0 Å². The van der Waals surface area contributed by atoms with Crippen LogP contribution in [0.15, 0.2) is 49.1 Å². The van der Waals surface area contributed by atoms with E-state index in [2.05, 4.69) is 9.97 Å². The van der Waals surface area contributed by atoms with Gasteiger partial charge in [-0.15, -0.1) is 11.3 Å². The van der Waals surface area contributed by atoms with Crippen molar-refractivity contribution in [1.82, 2.24) is 14.5 Å². The molecule has 106 valence electrons. The van der Waals surface area contributed by atoms with Crippen LogP contribution in [0, 0.1) is 6.92 Å². The van der Waals surface area contributed by atoms with Gasteiger partial charge in [0.25, 0.3) is 0 Å². The third-order valence-electron chi connectivity index (χ3n) is 3.20. The molecule has 0 atom stereocenters. The highest BCUT2D eigenvalue weighted by molar-refractivity contribution is 7.11. The summed E-state index contributed by atoms with van der Waals surface area (Å²) in [6, 6.07) is 7.68. The Hall–Kier alpha value is -2.27. The van der Waals surface area contributed by atoms with Gasteiger partial charge in [0, 0.05) is 36.2 Å². The molecule has 0 unspecified atom stereocenters. The molecular formula is C16H15N3OS. The van der Waals surface area contributed by atoms with Crippen molar-refractivity contribution in [2.45, 2.75) is 19.9 Å². The summed E-state index contributed by atoms with van der Waals surface area (Å²) in [5, 5.41) is 0.870. The van der Waals surface area contributed by atoms with E-state index in [1.54, 1.807) is 23.7 Å². The van der Waals surface area contributed by atoms with Crippen molar-refractivity contribution in [2.75, 3.05) is 0 Å². The summed E-state index contributed by atoms with van der Waals surface area (Å²) in [5.74, 6) is 0.100.